The van der Waals surface area contributed by atoms with Crippen molar-refractivity contribution >= 4 is 0 Å². The van der Waals surface area contributed by atoms with Crippen molar-refractivity contribution in [3.05, 3.63) is 28.3 Å². The van der Waals surface area contributed by atoms with Gasteiger partial charge in [-0.1, -0.05) is 6.07 Å². The van der Waals surface area contributed by atoms with E-state index in [0.717, 1.165) is 30.6 Å². The van der Waals surface area contributed by atoms with Crippen molar-refractivity contribution in [1.82, 2.24) is 5.32 Å². The van der Waals surface area contributed by atoms with Crippen molar-refractivity contribution in [2.24, 2.45) is 0 Å². The minimum absolute atomic E-state index is 0.490. The van der Waals surface area contributed by atoms with E-state index in [9.17, 15) is 5.11 Å². The molecule has 1 saturated heterocycles. The van der Waals surface area contributed by atoms with Gasteiger partial charge in [-0.3, -0.25) is 0 Å². The number of aryl methyl sites for hydroxylation is 2. The maximum atomic E-state index is 10.2. The molecule has 0 amide bonds. The third kappa shape index (κ3) is 1.74. The molecule has 1 fully saturated rings. The highest BCUT2D eigenvalue weighted by Gasteiger charge is 2.22. The van der Waals surface area contributed by atoms with Gasteiger partial charge in [0.05, 0.1) is 0 Å². The Kier molecular flexibility index (Phi) is 2.70. The molecule has 0 aromatic heterocycles. The summed E-state index contributed by atoms with van der Waals surface area (Å²) in [5, 5.41) is 13.5. The van der Waals surface area contributed by atoms with E-state index in [-0.39, 0.29) is 0 Å². The molecule has 0 saturated carbocycles. The van der Waals surface area contributed by atoms with Crippen LogP contribution in [-0.2, 0) is 0 Å². The zero-order chi connectivity index (χ0) is 11.0. The molecule has 1 unspecified atom stereocenters. The zero-order valence-corrected chi connectivity index (χ0v) is 9.72. The Morgan fingerprint density at radius 1 is 1.27 bits per heavy atom. The highest BCUT2D eigenvalue weighted by Crippen LogP contribution is 2.36. The second-order valence-corrected chi connectivity index (χ2v) is 4.59. The van der Waals surface area contributed by atoms with Gasteiger partial charge in [-0.05, 0) is 50.4 Å². The first-order chi connectivity index (χ1) is 7.11. The fraction of sp³-hybridized carbons (Fsp3) is 0.538. The largest absolute Gasteiger partial charge is 0.507 e. The molecule has 2 rings (SSSR count). The average molecular weight is 205 g/mol. The highest BCUT2D eigenvalue weighted by atomic mass is 16.3. The smallest absolute Gasteiger partial charge is 0.122 e. The standard InChI is InChI=1S/C13H19NO/c1-8-6-9(2)12(13(15)10(8)3)11-4-5-14-7-11/h6,11,14-15H,4-5,7H2,1-3H3. The lowest BCUT2D eigenvalue weighted by molar-refractivity contribution is 0.457. The quantitative estimate of drug-likeness (QED) is 0.738. The Morgan fingerprint density at radius 2 is 2.00 bits per heavy atom. The normalized spacial score (nSPS) is 20.9. The van der Waals surface area contributed by atoms with Crippen molar-refractivity contribution in [2.45, 2.75) is 33.1 Å². The van der Waals surface area contributed by atoms with E-state index >= 15 is 0 Å². The van der Waals surface area contributed by atoms with Crippen molar-refractivity contribution in [1.29, 1.82) is 0 Å². The van der Waals surface area contributed by atoms with Gasteiger partial charge in [0.2, 0.25) is 0 Å². The van der Waals surface area contributed by atoms with Crippen LogP contribution in [0.2, 0.25) is 0 Å². The van der Waals surface area contributed by atoms with Crippen LogP contribution in [0.4, 0.5) is 0 Å². The van der Waals surface area contributed by atoms with E-state index in [1.807, 2.05) is 6.92 Å². The summed E-state index contributed by atoms with van der Waals surface area (Å²) < 4.78 is 0. The Bertz CT molecular complexity index is 379. The van der Waals surface area contributed by atoms with E-state index in [0.29, 0.717) is 11.7 Å². The Hall–Kier alpha value is -1.02. The van der Waals surface area contributed by atoms with Crippen LogP contribution < -0.4 is 5.32 Å². The second kappa shape index (κ2) is 3.86. The summed E-state index contributed by atoms with van der Waals surface area (Å²) >= 11 is 0. The fourth-order valence-corrected chi connectivity index (χ4v) is 2.50. The summed E-state index contributed by atoms with van der Waals surface area (Å²) in [6, 6.07) is 2.18. The van der Waals surface area contributed by atoms with Crippen LogP contribution in [0.25, 0.3) is 0 Å². The van der Waals surface area contributed by atoms with Crippen LogP contribution in [0.1, 0.15) is 34.6 Å². The van der Waals surface area contributed by atoms with E-state index in [4.69, 9.17) is 0 Å². The first-order valence-corrected chi connectivity index (χ1v) is 5.61. The number of phenolic OH excluding ortho intramolecular Hbond substituents is 1. The van der Waals surface area contributed by atoms with Crippen LogP contribution in [0, 0.1) is 20.8 Å². The van der Waals surface area contributed by atoms with Crippen molar-refractivity contribution in [3.8, 4) is 5.75 Å². The first kappa shape index (κ1) is 10.5. The SMILES string of the molecule is Cc1cc(C)c(C2CCNC2)c(O)c1C. The van der Waals surface area contributed by atoms with Gasteiger partial charge in [-0.2, -0.15) is 0 Å². The summed E-state index contributed by atoms with van der Waals surface area (Å²) in [6.45, 7) is 8.21. The molecule has 0 aliphatic carbocycles. The molecule has 2 N–H and O–H groups in total. The van der Waals surface area contributed by atoms with Crippen molar-refractivity contribution in [2.75, 3.05) is 13.1 Å². The second-order valence-electron chi connectivity index (χ2n) is 4.59. The molecule has 1 aliphatic rings. The van der Waals surface area contributed by atoms with Gasteiger partial charge in [0, 0.05) is 18.0 Å². The maximum Gasteiger partial charge on any atom is 0.122 e. The number of benzene rings is 1. The van der Waals surface area contributed by atoms with E-state index in [2.05, 4.69) is 25.2 Å². The van der Waals surface area contributed by atoms with Gasteiger partial charge in [0.15, 0.2) is 0 Å². The Balaban J connectivity index is 2.50. The van der Waals surface area contributed by atoms with Gasteiger partial charge < -0.3 is 10.4 Å². The van der Waals surface area contributed by atoms with Gasteiger partial charge >= 0.3 is 0 Å². The summed E-state index contributed by atoms with van der Waals surface area (Å²) in [5.74, 6) is 1.01. The van der Waals surface area contributed by atoms with Crippen LogP contribution in [0.5, 0.6) is 5.75 Å². The van der Waals surface area contributed by atoms with Crippen LogP contribution in [-0.4, -0.2) is 18.2 Å². The van der Waals surface area contributed by atoms with Crippen LogP contribution >= 0.6 is 0 Å². The van der Waals surface area contributed by atoms with Gasteiger partial charge in [-0.25, -0.2) is 0 Å². The molecule has 82 valence electrons. The number of hydrogen-bond acceptors (Lipinski definition) is 2. The molecule has 1 aromatic rings. The first-order valence-electron chi connectivity index (χ1n) is 5.61. The summed E-state index contributed by atoms with van der Waals surface area (Å²) in [7, 11) is 0. The average Bonchev–Trinajstić information content (AvgIpc) is 2.68. The summed E-state index contributed by atoms with van der Waals surface area (Å²) in [4.78, 5) is 0. The molecule has 1 aliphatic heterocycles. The van der Waals surface area contributed by atoms with Gasteiger partial charge in [0.1, 0.15) is 5.75 Å². The maximum absolute atomic E-state index is 10.2. The minimum Gasteiger partial charge on any atom is -0.507 e. The molecule has 2 nitrogen and oxygen atoms in total. The number of nitrogens with one attached hydrogen (secondary N) is 1. The number of rotatable bonds is 1. The molecule has 0 bridgehead atoms. The molecular formula is C13H19NO. The molecule has 1 atom stereocenters. The number of hydrogen-bond donors (Lipinski definition) is 2. The zero-order valence-electron chi connectivity index (χ0n) is 9.72. The molecule has 0 radical (unpaired) electrons. The van der Waals surface area contributed by atoms with E-state index in [1.165, 1.54) is 11.1 Å². The predicted molar refractivity (Wildman–Crippen MR) is 62.5 cm³/mol. The number of phenols is 1. The number of aromatic hydroxyl groups is 1. The topological polar surface area (TPSA) is 32.3 Å². The third-order valence-electron chi connectivity index (χ3n) is 3.53. The lowest BCUT2D eigenvalue weighted by Gasteiger charge is -2.17. The van der Waals surface area contributed by atoms with E-state index in [1.54, 1.807) is 0 Å². The molecule has 2 heteroatoms. The highest BCUT2D eigenvalue weighted by molar-refractivity contribution is 5.50. The lowest BCUT2D eigenvalue weighted by atomic mass is 9.89. The molecule has 1 heterocycles. The van der Waals surface area contributed by atoms with Gasteiger partial charge in [0.25, 0.3) is 0 Å². The summed E-state index contributed by atoms with van der Waals surface area (Å²) in [5.41, 5.74) is 4.59. The Labute approximate surface area is 91.3 Å². The third-order valence-corrected chi connectivity index (χ3v) is 3.53. The summed E-state index contributed by atoms with van der Waals surface area (Å²) in [6.07, 6.45) is 1.14. The minimum atomic E-state index is 0.490. The molecule has 15 heavy (non-hydrogen) atoms. The van der Waals surface area contributed by atoms with E-state index < -0.39 is 0 Å². The predicted octanol–water partition coefficient (Wildman–Crippen LogP) is 2.39. The Morgan fingerprint density at radius 3 is 2.60 bits per heavy atom. The van der Waals surface area contributed by atoms with Gasteiger partial charge in [-0.15, -0.1) is 0 Å². The van der Waals surface area contributed by atoms with Crippen molar-refractivity contribution < 1.29 is 5.11 Å². The molecule has 0 spiro atoms. The molecule has 1 aromatic carbocycles. The van der Waals surface area contributed by atoms with Crippen molar-refractivity contribution in [3.63, 3.8) is 0 Å². The lowest BCUT2D eigenvalue weighted by Crippen LogP contribution is -2.09. The fourth-order valence-electron chi connectivity index (χ4n) is 2.50. The molecular weight excluding hydrogens is 186 g/mol. The van der Waals surface area contributed by atoms with Crippen LogP contribution in [0.3, 0.4) is 0 Å². The monoisotopic (exact) mass is 205 g/mol. The van der Waals surface area contributed by atoms with Crippen LogP contribution in [0.15, 0.2) is 6.07 Å².